The monoisotopic (exact) mass is 512 g/mol. The summed E-state index contributed by atoms with van der Waals surface area (Å²) in [6.07, 6.45) is 2.88. The number of carbonyl (C=O) groups is 2. The van der Waals surface area contributed by atoms with Crippen LogP contribution in [0.3, 0.4) is 0 Å². The van der Waals surface area contributed by atoms with Gasteiger partial charge in [-0.3, -0.25) is 4.57 Å². The topological polar surface area (TPSA) is 96.7 Å². The summed E-state index contributed by atoms with van der Waals surface area (Å²) in [4.78, 5) is 31.3. The van der Waals surface area contributed by atoms with E-state index in [-0.39, 0.29) is 11.6 Å². The maximum absolute atomic E-state index is 12.8. The summed E-state index contributed by atoms with van der Waals surface area (Å²) in [7, 11) is 0. The van der Waals surface area contributed by atoms with Gasteiger partial charge in [-0.05, 0) is 66.4 Å². The molecule has 1 aliphatic heterocycles. The summed E-state index contributed by atoms with van der Waals surface area (Å²) in [5.41, 5.74) is 6.25. The molecule has 196 valence electrons. The third-order valence-electron chi connectivity index (χ3n) is 6.94. The average molecular weight is 513 g/mol. The molecular formula is C30H32N4O4. The maximum Gasteiger partial charge on any atom is 0.336 e. The number of amides is 2. The van der Waals surface area contributed by atoms with Crippen LogP contribution in [0.2, 0.25) is 0 Å². The Kier molecular flexibility index (Phi) is 7.42. The second-order valence-electron chi connectivity index (χ2n) is 9.55. The number of aryl methyl sites for hydroxylation is 2. The number of imidazole rings is 1. The summed E-state index contributed by atoms with van der Waals surface area (Å²) in [6, 6.07) is 18.8. The maximum atomic E-state index is 12.8. The molecule has 3 aromatic carbocycles. The van der Waals surface area contributed by atoms with Gasteiger partial charge in [0.05, 0.1) is 29.8 Å². The Hall–Kier alpha value is -4.17. The lowest BCUT2D eigenvalue weighted by Gasteiger charge is -2.26. The lowest BCUT2D eigenvalue weighted by atomic mass is 9.95. The van der Waals surface area contributed by atoms with Gasteiger partial charge in [-0.1, -0.05) is 37.6 Å². The first kappa shape index (κ1) is 25.5. The predicted molar refractivity (Wildman–Crippen MR) is 148 cm³/mol. The molecule has 4 aromatic rings. The zero-order valence-electron chi connectivity index (χ0n) is 21.7. The molecule has 0 saturated carbocycles. The van der Waals surface area contributed by atoms with Crippen molar-refractivity contribution in [2.75, 3.05) is 31.6 Å². The van der Waals surface area contributed by atoms with E-state index in [2.05, 4.69) is 22.9 Å². The van der Waals surface area contributed by atoms with Crippen molar-refractivity contribution in [3.63, 3.8) is 0 Å². The number of rotatable bonds is 7. The molecule has 2 N–H and O–H groups in total. The number of unbranched alkanes of at least 4 members (excludes halogenated alkanes) is 1. The fourth-order valence-electron chi connectivity index (χ4n) is 4.96. The summed E-state index contributed by atoms with van der Waals surface area (Å²) in [5, 5.41) is 12.7. The average Bonchev–Trinajstić information content (AvgIpc) is 3.29. The zero-order chi connectivity index (χ0) is 26.6. The molecule has 8 nitrogen and oxygen atoms in total. The smallest absolute Gasteiger partial charge is 0.336 e. The minimum Gasteiger partial charge on any atom is -0.478 e. The SMILES string of the molecule is CCCCc1nc2ccc(NC(=O)N3CCOCC3)cc2n1-c1ccc(-c2ccccc2C(=O)O)c(C)c1. The number of carbonyl (C=O) groups excluding carboxylic acids is 1. The van der Waals surface area contributed by atoms with Crippen molar-refractivity contribution in [2.45, 2.75) is 33.1 Å². The number of aromatic nitrogens is 2. The number of nitrogens with zero attached hydrogens (tertiary/aromatic N) is 3. The van der Waals surface area contributed by atoms with Crippen molar-refractivity contribution in [2.24, 2.45) is 0 Å². The van der Waals surface area contributed by atoms with Crippen molar-refractivity contribution in [1.82, 2.24) is 14.5 Å². The number of urea groups is 1. The molecule has 0 radical (unpaired) electrons. The fraction of sp³-hybridized carbons (Fsp3) is 0.300. The third kappa shape index (κ3) is 5.13. The van der Waals surface area contributed by atoms with Crippen molar-refractivity contribution < 1.29 is 19.4 Å². The van der Waals surface area contributed by atoms with E-state index in [4.69, 9.17) is 9.72 Å². The van der Waals surface area contributed by atoms with Gasteiger partial charge >= 0.3 is 12.0 Å². The van der Waals surface area contributed by atoms with Gasteiger partial charge in [0.15, 0.2) is 0 Å². The highest BCUT2D eigenvalue weighted by molar-refractivity contribution is 5.96. The molecule has 1 saturated heterocycles. The minimum absolute atomic E-state index is 0.137. The van der Waals surface area contributed by atoms with E-state index in [9.17, 15) is 14.7 Å². The lowest BCUT2D eigenvalue weighted by molar-refractivity contribution is 0.0564. The van der Waals surface area contributed by atoms with Crippen LogP contribution in [-0.4, -0.2) is 57.9 Å². The van der Waals surface area contributed by atoms with E-state index in [1.54, 1.807) is 17.0 Å². The Balaban J connectivity index is 1.55. The molecule has 2 amide bonds. The Labute approximate surface area is 221 Å². The number of carboxylic acids is 1. The van der Waals surface area contributed by atoms with Crippen LogP contribution in [0, 0.1) is 6.92 Å². The number of ether oxygens (including phenoxy) is 1. The minimum atomic E-state index is -0.946. The number of carboxylic acid groups (broad SMARTS) is 1. The van der Waals surface area contributed by atoms with Gasteiger partial charge in [0.25, 0.3) is 0 Å². The van der Waals surface area contributed by atoms with Crippen LogP contribution in [0.25, 0.3) is 27.8 Å². The number of benzene rings is 3. The molecule has 1 aromatic heterocycles. The molecule has 1 fully saturated rings. The van der Waals surface area contributed by atoms with Crippen molar-refractivity contribution >= 4 is 28.7 Å². The van der Waals surface area contributed by atoms with Crippen molar-refractivity contribution in [1.29, 1.82) is 0 Å². The van der Waals surface area contributed by atoms with Crippen molar-refractivity contribution in [3.05, 3.63) is 77.6 Å². The highest BCUT2D eigenvalue weighted by Crippen LogP contribution is 2.31. The molecule has 0 aliphatic carbocycles. The van der Waals surface area contributed by atoms with E-state index in [0.29, 0.717) is 37.6 Å². The molecule has 0 unspecified atom stereocenters. The molecule has 8 heteroatoms. The van der Waals surface area contributed by atoms with E-state index in [0.717, 1.165) is 52.9 Å². The normalized spacial score (nSPS) is 13.6. The second kappa shape index (κ2) is 11.1. The van der Waals surface area contributed by atoms with Crippen LogP contribution < -0.4 is 5.32 Å². The molecule has 38 heavy (non-hydrogen) atoms. The van der Waals surface area contributed by atoms with Crippen LogP contribution in [0.15, 0.2) is 60.7 Å². The van der Waals surface area contributed by atoms with E-state index in [1.807, 2.05) is 49.4 Å². The van der Waals surface area contributed by atoms with Gasteiger partial charge < -0.3 is 20.1 Å². The lowest BCUT2D eigenvalue weighted by Crippen LogP contribution is -2.43. The number of morpholine rings is 1. The van der Waals surface area contributed by atoms with E-state index >= 15 is 0 Å². The molecular weight excluding hydrogens is 480 g/mol. The van der Waals surface area contributed by atoms with Gasteiger partial charge in [-0.2, -0.15) is 0 Å². The standard InChI is InChI=1S/C30H32N4O4/c1-3-4-9-28-32-26-13-10-21(31-30(37)33-14-16-38-17-15-33)19-27(26)34(28)22-11-12-23(20(2)18-22)24-7-5-6-8-25(24)29(35)36/h5-8,10-13,18-19H,3-4,9,14-17H2,1-2H3,(H,31,37)(H,35,36). The summed E-state index contributed by atoms with van der Waals surface area (Å²) in [6.45, 7) is 6.40. The predicted octanol–water partition coefficient (Wildman–Crippen LogP) is 5.91. The first-order valence-electron chi connectivity index (χ1n) is 13.0. The molecule has 1 aliphatic rings. The number of aromatic carboxylic acids is 1. The quantitative estimate of drug-likeness (QED) is 0.321. The van der Waals surface area contributed by atoms with Crippen LogP contribution in [0.1, 0.15) is 41.5 Å². The Morgan fingerprint density at radius 1 is 1.03 bits per heavy atom. The number of hydrogen-bond acceptors (Lipinski definition) is 4. The fourth-order valence-corrected chi connectivity index (χ4v) is 4.96. The molecule has 5 rings (SSSR count). The van der Waals surface area contributed by atoms with Gasteiger partial charge in [0, 0.05) is 30.9 Å². The number of nitrogens with one attached hydrogen (secondary N) is 1. The third-order valence-corrected chi connectivity index (χ3v) is 6.94. The molecule has 0 bridgehead atoms. The Morgan fingerprint density at radius 3 is 2.55 bits per heavy atom. The number of anilines is 1. The zero-order valence-corrected chi connectivity index (χ0v) is 21.7. The van der Waals surface area contributed by atoms with Gasteiger partial charge in [0.1, 0.15) is 5.82 Å². The van der Waals surface area contributed by atoms with E-state index < -0.39 is 5.97 Å². The summed E-state index contributed by atoms with van der Waals surface area (Å²) < 4.78 is 7.51. The highest BCUT2D eigenvalue weighted by Gasteiger charge is 2.19. The van der Waals surface area contributed by atoms with E-state index in [1.165, 1.54) is 0 Å². The first-order valence-corrected chi connectivity index (χ1v) is 13.0. The first-order chi connectivity index (χ1) is 18.5. The highest BCUT2D eigenvalue weighted by atomic mass is 16.5. The van der Waals surface area contributed by atoms with Crippen molar-refractivity contribution in [3.8, 4) is 16.8 Å². The number of fused-ring (bicyclic) bond motifs is 1. The molecule has 0 spiro atoms. The van der Waals surface area contributed by atoms with Crippen LogP contribution in [0.5, 0.6) is 0 Å². The number of hydrogen-bond donors (Lipinski definition) is 2. The van der Waals surface area contributed by atoms with Gasteiger partial charge in [-0.25, -0.2) is 14.6 Å². The summed E-state index contributed by atoms with van der Waals surface area (Å²) >= 11 is 0. The van der Waals surface area contributed by atoms with Crippen LogP contribution in [0.4, 0.5) is 10.5 Å². The van der Waals surface area contributed by atoms with Crippen LogP contribution >= 0.6 is 0 Å². The summed E-state index contributed by atoms with van der Waals surface area (Å²) in [5.74, 6) is 0.00906. The van der Waals surface area contributed by atoms with Gasteiger partial charge in [0.2, 0.25) is 0 Å². The second-order valence-corrected chi connectivity index (χ2v) is 9.55. The van der Waals surface area contributed by atoms with Gasteiger partial charge in [-0.15, -0.1) is 0 Å². The molecule has 2 heterocycles. The Morgan fingerprint density at radius 2 is 1.82 bits per heavy atom. The van der Waals surface area contributed by atoms with Crippen LogP contribution in [-0.2, 0) is 11.2 Å². The Bertz CT molecular complexity index is 1490. The largest absolute Gasteiger partial charge is 0.478 e. The molecule has 0 atom stereocenters.